The number of aromatic carboxylic acids is 1. The minimum absolute atomic E-state index is 0.0322. The third kappa shape index (κ3) is 6.60. The van der Waals surface area contributed by atoms with Crippen molar-refractivity contribution in [2.45, 2.75) is 32.5 Å². The van der Waals surface area contributed by atoms with Crippen LogP contribution in [-0.2, 0) is 9.47 Å². The number of alkyl halides is 1. The summed E-state index contributed by atoms with van der Waals surface area (Å²) in [4.78, 5) is 23.3. The summed E-state index contributed by atoms with van der Waals surface area (Å²) in [5.74, 6) is -1.94. The Labute approximate surface area is 145 Å². The number of rotatable bonds is 9. The second kappa shape index (κ2) is 9.95. The first-order chi connectivity index (χ1) is 11.3. The Balaban J connectivity index is 2.76. The lowest BCUT2D eigenvalue weighted by molar-refractivity contribution is 0.00574. The molecule has 0 radical (unpaired) electrons. The maximum Gasteiger partial charge on any atom is 0.339 e. The zero-order valence-corrected chi connectivity index (χ0v) is 14.3. The highest BCUT2D eigenvalue weighted by Crippen LogP contribution is 2.13. The number of carbonyl (C=O) groups is 2. The number of ether oxygens (including phenoxy) is 2. The van der Waals surface area contributed by atoms with Gasteiger partial charge in [0, 0.05) is 12.3 Å². The standard InChI is InChI=1S/C17H21ClO6/c1-11(2)9-23-13(7-12(19)8-18)10-24-17(22)15-6-4-3-5-14(15)16(20)21/h3-6,9,12-13,19H,7-8,10H2,1-2H3,(H,20,21). The van der Waals surface area contributed by atoms with E-state index in [-0.39, 0.29) is 30.0 Å². The number of esters is 1. The molecule has 2 atom stereocenters. The van der Waals surface area contributed by atoms with Gasteiger partial charge in [0.15, 0.2) is 0 Å². The van der Waals surface area contributed by atoms with Crippen molar-refractivity contribution in [2.75, 3.05) is 12.5 Å². The van der Waals surface area contributed by atoms with Crippen LogP contribution in [0.15, 0.2) is 36.1 Å². The lowest BCUT2D eigenvalue weighted by atomic mass is 10.1. The lowest BCUT2D eigenvalue weighted by Gasteiger charge is -2.19. The number of carbonyl (C=O) groups excluding carboxylic acids is 1. The number of allylic oxidation sites excluding steroid dienone is 1. The normalized spacial score (nSPS) is 12.8. The van der Waals surface area contributed by atoms with Crippen LogP contribution in [0.25, 0.3) is 0 Å². The molecule has 0 spiro atoms. The molecule has 0 aliphatic rings. The van der Waals surface area contributed by atoms with Crippen LogP contribution in [0, 0.1) is 0 Å². The Morgan fingerprint density at radius 2 is 1.88 bits per heavy atom. The smallest absolute Gasteiger partial charge is 0.339 e. The number of hydrogen-bond acceptors (Lipinski definition) is 5. The summed E-state index contributed by atoms with van der Waals surface area (Å²) in [5, 5.41) is 18.7. The van der Waals surface area contributed by atoms with Gasteiger partial charge in [0.2, 0.25) is 0 Å². The molecule has 1 aromatic carbocycles. The second-order valence-corrected chi connectivity index (χ2v) is 5.75. The molecule has 0 aliphatic heterocycles. The molecule has 0 bridgehead atoms. The Morgan fingerprint density at radius 1 is 1.25 bits per heavy atom. The highest BCUT2D eigenvalue weighted by molar-refractivity contribution is 6.18. The Kier molecular flexibility index (Phi) is 8.29. The maximum atomic E-state index is 12.1. The van der Waals surface area contributed by atoms with Gasteiger partial charge in [-0.2, -0.15) is 0 Å². The van der Waals surface area contributed by atoms with Gasteiger partial charge in [0.1, 0.15) is 12.7 Å². The van der Waals surface area contributed by atoms with Gasteiger partial charge >= 0.3 is 11.9 Å². The first-order valence-corrected chi connectivity index (χ1v) is 7.91. The van der Waals surface area contributed by atoms with E-state index < -0.39 is 24.1 Å². The van der Waals surface area contributed by atoms with E-state index in [0.717, 1.165) is 5.57 Å². The van der Waals surface area contributed by atoms with Crippen LogP contribution >= 0.6 is 11.6 Å². The van der Waals surface area contributed by atoms with Crippen molar-refractivity contribution in [3.05, 3.63) is 47.2 Å². The molecule has 0 amide bonds. The number of carboxylic acid groups (broad SMARTS) is 1. The molecular weight excluding hydrogens is 336 g/mol. The van der Waals surface area contributed by atoms with Gasteiger partial charge in [-0.05, 0) is 31.6 Å². The van der Waals surface area contributed by atoms with Crippen molar-refractivity contribution >= 4 is 23.5 Å². The van der Waals surface area contributed by atoms with Crippen LogP contribution < -0.4 is 0 Å². The van der Waals surface area contributed by atoms with Crippen LogP contribution in [0.3, 0.4) is 0 Å². The largest absolute Gasteiger partial charge is 0.494 e. The highest BCUT2D eigenvalue weighted by Gasteiger charge is 2.20. The van der Waals surface area contributed by atoms with E-state index >= 15 is 0 Å². The van der Waals surface area contributed by atoms with Crippen LogP contribution in [0.5, 0.6) is 0 Å². The number of benzene rings is 1. The van der Waals surface area contributed by atoms with Gasteiger partial charge in [-0.15, -0.1) is 11.6 Å². The molecule has 1 aromatic rings. The van der Waals surface area contributed by atoms with E-state index in [2.05, 4.69) is 0 Å². The van der Waals surface area contributed by atoms with E-state index in [9.17, 15) is 14.7 Å². The van der Waals surface area contributed by atoms with E-state index in [1.807, 2.05) is 13.8 Å². The zero-order chi connectivity index (χ0) is 18.1. The van der Waals surface area contributed by atoms with Crippen molar-refractivity contribution in [3.63, 3.8) is 0 Å². The summed E-state index contributed by atoms with van der Waals surface area (Å²) in [6.07, 6.45) is 0.299. The highest BCUT2D eigenvalue weighted by atomic mass is 35.5. The average Bonchev–Trinajstić information content (AvgIpc) is 2.56. The van der Waals surface area contributed by atoms with Gasteiger partial charge in [-0.3, -0.25) is 0 Å². The lowest BCUT2D eigenvalue weighted by Crippen LogP contribution is -2.27. The summed E-state index contributed by atoms with van der Waals surface area (Å²) >= 11 is 5.58. The fourth-order valence-electron chi connectivity index (χ4n) is 1.86. The van der Waals surface area contributed by atoms with Crippen molar-refractivity contribution in [1.82, 2.24) is 0 Å². The SMILES string of the molecule is CC(C)=COC(COC(=O)c1ccccc1C(=O)O)CC(O)CCl. The van der Waals surface area contributed by atoms with Crippen LogP contribution in [-0.4, -0.2) is 46.8 Å². The van der Waals surface area contributed by atoms with Gasteiger partial charge in [-0.25, -0.2) is 9.59 Å². The molecule has 7 heteroatoms. The molecule has 0 saturated heterocycles. The zero-order valence-electron chi connectivity index (χ0n) is 13.6. The molecule has 132 valence electrons. The maximum absolute atomic E-state index is 12.1. The van der Waals surface area contributed by atoms with Gasteiger partial charge < -0.3 is 19.7 Å². The molecule has 2 unspecified atom stereocenters. The topological polar surface area (TPSA) is 93.1 Å². The summed E-state index contributed by atoms with van der Waals surface area (Å²) < 4.78 is 10.6. The number of aliphatic hydroxyl groups is 1. The van der Waals surface area contributed by atoms with Gasteiger partial charge in [-0.1, -0.05) is 12.1 Å². The Bertz CT molecular complexity index is 594. The summed E-state index contributed by atoms with van der Waals surface area (Å²) in [7, 11) is 0. The number of carboxylic acids is 1. The van der Waals surface area contributed by atoms with Crippen molar-refractivity contribution in [3.8, 4) is 0 Å². The van der Waals surface area contributed by atoms with Gasteiger partial charge in [0.05, 0.1) is 23.5 Å². The second-order valence-electron chi connectivity index (χ2n) is 5.45. The third-order valence-electron chi connectivity index (χ3n) is 2.99. The monoisotopic (exact) mass is 356 g/mol. The summed E-state index contributed by atoms with van der Waals surface area (Å²) in [6, 6.07) is 5.79. The summed E-state index contributed by atoms with van der Waals surface area (Å²) in [6.45, 7) is 3.54. The molecule has 1 rings (SSSR count). The minimum atomic E-state index is -1.21. The Morgan fingerprint density at radius 3 is 2.42 bits per heavy atom. The number of halogens is 1. The molecule has 24 heavy (non-hydrogen) atoms. The first-order valence-electron chi connectivity index (χ1n) is 7.37. The van der Waals surface area contributed by atoms with E-state index in [1.54, 1.807) is 6.07 Å². The third-order valence-corrected chi connectivity index (χ3v) is 3.34. The van der Waals surface area contributed by atoms with E-state index in [1.165, 1.54) is 24.5 Å². The first kappa shape index (κ1) is 20.0. The van der Waals surface area contributed by atoms with Gasteiger partial charge in [0.25, 0.3) is 0 Å². The molecule has 0 fully saturated rings. The van der Waals surface area contributed by atoms with E-state index in [4.69, 9.17) is 26.2 Å². The number of hydrogen-bond donors (Lipinski definition) is 2. The Hall–Kier alpha value is -2.05. The molecule has 6 nitrogen and oxygen atoms in total. The molecule has 0 saturated carbocycles. The molecule has 0 aromatic heterocycles. The van der Waals surface area contributed by atoms with Crippen molar-refractivity contribution in [2.24, 2.45) is 0 Å². The molecule has 2 N–H and O–H groups in total. The quantitative estimate of drug-likeness (QED) is 0.401. The average molecular weight is 357 g/mol. The number of aliphatic hydroxyl groups excluding tert-OH is 1. The van der Waals surface area contributed by atoms with Crippen LogP contribution in [0.4, 0.5) is 0 Å². The van der Waals surface area contributed by atoms with Crippen LogP contribution in [0.1, 0.15) is 41.0 Å². The fraction of sp³-hybridized carbons (Fsp3) is 0.412. The molecular formula is C17H21ClO6. The van der Waals surface area contributed by atoms with Crippen LogP contribution in [0.2, 0.25) is 0 Å². The molecule has 0 aliphatic carbocycles. The minimum Gasteiger partial charge on any atom is -0.494 e. The summed E-state index contributed by atoms with van der Waals surface area (Å²) in [5.41, 5.74) is 0.733. The van der Waals surface area contributed by atoms with Crippen molar-refractivity contribution < 1.29 is 29.3 Å². The van der Waals surface area contributed by atoms with Crippen molar-refractivity contribution in [1.29, 1.82) is 0 Å². The molecule has 0 heterocycles. The van der Waals surface area contributed by atoms with E-state index in [0.29, 0.717) is 0 Å². The predicted octanol–water partition coefficient (Wildman–Crippen LogP) is 2.84. The predicted molar refractivity (Wildman–Crippen MR) is 89.3 cm³/mol. The fourth-order valence-corrected chi connectivity index (χ4v) is 1.98.